The number of anilines is 2. The number of alkyl halides is 5. The summed E-state index contributed by atoms with van der Waals surface area (Å²) < 4.78 is 66.9. The van der Waals surface area contributed by atoms with E-state index in [0.717, 1.165) is 23.7 Å². The normalized spacial score (nSPS) is 16.5. The molecular weight excluding hydrogens is 437 g/mol. The van der Waals surface area contributed by atoms with Crippen molar-refractivity contribution in [3.8, 4) is 0 Å². The first-order chi connectivity index (χ1) is 14.6. The van der Waals surface area contributed by atoms with Gasteiger partial charge in [-0.15, -0.1) is 0 Å². The molecule has 0 atom stereocenters. The zero-order chi connectivity index (χ0) is 22.6. The number of nitrogens with zero attached hydrogens (tertiary/aromatic N) is 4. The number of piperidine rings is 1. The molecule has 0 radical (unpaired) electrons. The van der Waals surface area contributed by atoms with Gasteiger partial charge in [0.15, 0.2) is 0 Å². The lowest BCUT2D eigenvalue weighted by atomic mass is 10.1. The van der Waals surface area contributed by atoms with Crippen molar-refractivity contribution in [2.45, 2.75) is 62.5 Å². The largest absolute Gasteiger partial charge is 0.405 e. The Morgan fingerprint density at radius 1 is 1.13 bits per heavy atom. The van der Waals surface area contributed by atoms with Crippen molar-refractivity contribution in [3.05, 3.63) is 29.6 Å². The van der Waals surface area contributed by atoms with Crippen molar-refractivity contribution < 1.29 is 22.0 Å². The van der Waals surface area contributed by atoms with Crippen LogP contribution in [0.25, 0.3) is 0 Å². The molecule has 0 saturated carbocycles. The van der Waals surface area contributed by atoms with Crippen molar-refractivity contribution in [2.24, 2.45) is 0 Å². The van der Waals surface area contributed by atoms with Gasteiger partial charge < -0.3 is 10.2 Å². The van der Waals surface area contributed by atoms with Crippen molar-refractivity contribution in [1.82, 2.24) is 14.8 Å². The summed E-state index contributed by atoms with van der Waals surface area (Å²) in [6, 6.07) is 5.24. The lowest BCUT2D eigenvalue weighted by Crippen LogP contribution is -2.39. The molecule has 0 bridgehead atoms. The van der Waals surface area contributed by atoms with Gasteiger partial charge in [0.2, 0.25) is 0 Å². The molecule has 1 fully saturated rings. The number of hydrogen-bond donors (Lipinski definition) is 1. The average Bonchev–Trinajstić information content (AvgIpc) is 3.12. The third kappa shape index (κ3) is 6.72. The van der Waals surface area contributed by atoms with Crippen molar-refractivity contribution in [3.63, 3.8) is 0 Å². The lowest BCUT2D eigenvalue weighted by molar-refractivity contribution is -0.115. The third-order valence-corrected chi connectivity index (χ3v) is 6.00. The Balaban J connectivity index is 1.78. The van der Waals surface area contributed by atoms with Gasteiger partial charge >= 0.3 is 6.18 Å². The van der Waals surface area contributed by atoms with Crippen LogP contribution in [0.3, 0.4) is 0 Å². The van der Waals surface area contributed by atoms with E-state index < -0.39 is 18.6 Å². The predicted molar refractivity (Wildman–Crippen MR) is 112 cm³/mol. The van der Waals surface area contributed by atoms with E-state index in [2.05, 4.69) is 15.4 Å². The Hall–Kier alpha value is -2.04. The van der Waals surface area contributed by atoms with Crippen LogP contribution in [0.2, 0.25) is 0 Å². The molecule has 5 nitrogen and oxygen atoms in total. The molecule has 1 saturated heterocycles. The summed E-state index contributed by atoms with van der Waals surface area (Å²) in [5, 5.41) is 7.65. The number of nitrogens with one attached hydrogen (secondary N) is 1. The molecule has 2 aromatic heterocycles. The Labute approximate surface area is 182 Å². The summed E-state index contributed by atoms with van der Waals surface area (Å²) in [4.78, 5) is 6.07. The molecule has 11 heteroatoms. The van der Waals surface area contributed by atoms with Gasteiger partial charge in [-0.2, -0.15) is 18.3 Å². The summed E-state index contributed by atoms with van der Waals surface area (Å²) in [6.07, 6.45) is -4.10. The Kier molecular flexibility index (Phi) is 7.33. The minimum absolute atomic E-state index is 0.0797. The quantitative estimate of drug-likeness (QED) is 0.422. The van der Waals surface area contributed by atoms with Gasteiger partial charge in [0, 0.05) is 55.7 Å². The topological polar surface area (TPSA) is 46.0 Å². The fourth-order valence-electron chi connectivity index (χ4n) is 3.41. The molecule has 0 unspecified atom stereocenters. The van der Waals surface area contributed by atoms with Crippen molar-refractivity contribution >= 4 is 23.3 Å². The Bertz CT molecular complexity index is 852. The van der Waals surface area contributed by atoms with Gasteiger partial charge in [-0.1, -0.05) is 18.7 Å². The lowest BCUT2D eigenvalue weighted by Gasteiger charge is -2.33. The average molecular weight is 464 g/mol. The molecule has 3 heterocycles. The molecule has 3 rings (SSSR count). The molecule has 1 N–H and O–H groups in total. The highest BCUT2D eigenvalue weighted by Crippen LogP contribution is 2.32. The van der Waals surface area contributed by atoms with E-state index in [1.807, 2.05) is 24.6 Å². The number of rotatable bonds is 8. The minimum Gasteiger partial charge on any atom is -0.371 e. The molecule has 2 aromatic rings. The number of hydrogen-bond acceptors (Lipinski definition) is 5. The smallest absolute Gasteiger partial charge is 0.371 e. The SMILES string of the molecule is CCc1cc(SCc2cc(N3CCC(F)(F)CC3)cc(NCC(F)(F)F)n2)nn1CC. The van der Waals surface area contributed by atoms with Crippen molar-refractivity contribution in [1.29, 1.82) is 0 Å². The fourth-order valence-corrected chi connectivity index (χ4v) is 4.23. The highest BCUT2D eigenvalue weighted by Gasteiger charge is 2.34. The van der Waals surface area contributed by atoms with Crippen LogP contribution in [0.1, 0.15) is 38.1 Å². The predicted octanol–water partition coefficient (Wildman–Crippen LogP) is 5.36. The summed E-state index contributed by atoms with van der Waals surface area (Å²) in [5.74, 6) is -2.21. The van der Waals surface area contributed by atoms with Crippen molar-refractivity contribution in [2.75, 3.05) is 29.9 Å². The van der Waals surface area contributed by atoms with Crippen LogP contribution < -0.4 is 10.2 Å². The highest BCUT2D eigenvalue weighted by molar-refractivity contribution is 7.98. The summed E-state index contributed by atoms with van der Waals surface area (Å²) in [5.41, 5.74) is 2.27. The van der Waals surface area contributed by atoms with Gasteiger partial charge in [0.05, 0.1) is 5.69 Å². The maximum absolute atomic E-state index is 13.5. The molecule has 31 heavy (non-hydrogen) atoms. The number of pyridine rings is 1. The van der Waals surface area contributed by atoms with E-state index in [0.29, 0.717) is 17.1 Å². The molecule has 172 valence electrons. The zero-order valence-corrected chi connectivity index (χ0v) is 18.3. The van der Waals surface area contributed by atoms with Crippen LogP contribution in [0.5, 0.6) is 0 Å². The second-order valence-electron chi connectivity index (χ2n) is 7.45. The van der Waals surface area contributed by atoms with Gasteiger partial charge in [0.25, 0.3) is 5.92 Å². The van der Waals surface area contributed by atoms with Crippen LogP contribution >= 0.6 is 11.8 Å². The molecule has 0 aliphatic carbocycles. The fraction of sp³-hybridized carbons (Fsp3) is 0.600. The van der Waals surface area contributed by atoms with E-state index >= 15 is 0 Å². The van der Waals surface area contributed by atoms with Gasteiger partial charge in [-0.3, -0.25) is 4.68 Å². The second kappa shape index (κ2) is 9.62. The maximum Gasteiger partial charge on any atom is 0.405 e. The van der Waals surface area contributed by atoms with Crippen LogP contribution in [-0.2, 0) is 18.7 Å². The van der Waals surface area contributed by atoms with Gasteiger partial charge in [-0.05, 0) is 25.5 Å². The van der Waals surface area contributed by atoms with Crippen LogP contribution in [0, 0.1) is 0 Å². The number of thioether (sulfide) groups is 1. The Morgan fingerprint density at radius 3 is 2.42 bits per heavy atom. The first kappa shape index (κ1) is 23.6. The molecule has 0 spiro atoms. The Morgan fingerprint density at radius 2 is 1.84 bits per heavy atom. The maximum atomic E-state index is 13.5. The molecule has 0 aromatic carbocycles. The van der Waals surface area contributed by atoms with Crippen LogP contribution in [-0.4, -0.2) is 46.5 Å². The van der Waals surface area contributed by atoms with Crippen LogP contribution in [0.15, 0.2) is 23.2 Å². The first-order valence-corrected chi connectivity index (χ1v) is 11.2. The molecular formula is C20H26F5N5S. The second-order valence-corrected chi connectivity index (χ2v) is 8.44. The highest BCUT2D eigenvalue weighted by atomic mass is 32.2. The molecule has 0 amide bonds. The van der Waals surface area contributed by atoms with Gasteiger partial charge in [-0.25, -0.2) is 13.8 Å². The number of aromatic nitrogens is 3. The van der Waals surface area contributed by atoms with E-state index in [1.54, 1.807) is 11.0 Å². The van der Waals surface area contributed by atoms with E-state index in [4.69, 9.17) is 0 Å². The molecule has 1 aliphatic rings. The number of aryl methyl sites for hydroxylation is 2. The zero-order valence-electron chi connectivity index (χ0n) is 17.5. The minimum atomic E-state index is -4.39. The monoisotopic (exact) mass is 463 g/mol. The third-order valence-electron chi connectivity index (χ3n) is 5.06. The van der Waals surface area contributed by atoms with E-state index in [1.165, 1.54) is 17.8 Å². The van der Waals surface area contributed by atoms with Gasteiger partial charge in [0.1, 0.15) is 17.4 Å². The number of halogens is 5. The van der Waals surface area contributed by atoms with E-state index in [9.17, 15) is 22.0 Å². The molecule has 1 aliphatic heterocycles. The summed E-state index contributed by atoms with van der Waals surface area (Å²) in [6.45, 7) is 3.87. The standard InChI is InChI=1S/C20H26F5N5S/c1-3-15-11-18(28-30(15)4-2)31-12-14-9-16(29-7-5-19(21,22)6-8-29)10-17(27-14)26-13-20(23,24)25/h9-11H,3-8,12-13H2,1-2H3,(H,26,27). The van der Waals surface area contributed by atoms with E-state index in [-0.39, 0.29) is 31.7 Å². The summed E-state index contributed by atoms with van der Waals surface area (Å²) in [7, 11) is 0. The summed E-state index contributed by atoms with van der Waals surface area (Å²) >= 11 is 1.44. The first-order valence-electron chi connectivity index (χ1n) is 10.2. The van der Waals surface area contributed by atoms with Crippen LogP contribution in [0.4, 0.5) is 33.5 Å².